The number of pyridine rings is 1. The van der Waals surface area contributed by atoms with Gasteiger partial charge in [0, 0.05) is 17.7 Å². The van der Waals surface area contributed by atoms with Crippen molar-refractivity contribution in [3.8, 4) is 0 Å². The third kappa shape index (κ3) is 2.51. The molecule has 0 aliphatic heterocycles. The molecule has 2 rings (SSSR count). The highest BCUT2D eigenvalue weighted by atomic mass is 79.9. The highest BCUT2D eigenvalue weighted by Gasteiger charge is 2.16. The van der Waals surface area contributed by atoms with Crippen LogP contribution in [0.15, 0.2) is 47.1 Å². The maximum Gasteiger partial charge on any atom is 0.276 e. The van der Waals surface area contributed by atoms with E-state index in [0.29, 0.717) is 17.1 Å². The largest absolute Gasteiger partial charge is 0.397 e. The number of benzene rings is 1. The van der Waals surface area contributed by atoms with Gasteiger partial charge in [0.25, 0.3) is 5.91 Å². The third-order valence-electron chi connectivity index (χ3n) is 2.55. The first-order chi connectivity index (χ1) is 8.59. The van der Waals surface area contributed by atoms with E-state index in [9.17, 15) is 4.79 Å². The zero-order valence-electron chi connectivity index (χ0n) is 9.80. The molecular formula is C13H12BrN3O. The number of rotatable bonds is 2. The van der Waals surface area contributed by atoms with Crippen molar-refractivity contribution in [2.24, 2.45) is 0 Å². The number of hydrogen-bond acceptors (Lipinski definition) is 3. The first-order valence-corrected chi connectivity index (χ1v) is 6.13. The fourth-order valence-corrected chi connectivity index (χ4v) is 1.81. The quantitative estimate of drug-likeness (QED) is 0.868. The molecule has 0 saturated heterocycles. The second-order valence-electron chi connectivity index (χ2n) is 3.78. The molecule has 1 aromatic carbocycles. The van der Waals surface area contributed by atoms with Crippen molar-refractivity contribution in [3.05, 3.63) is 52.8 Å². The van der Waals surface area contributed by atoms with Gasteiger partial charge in [-0.3, -0.25) is 4.79 Å². The van der Waals surface area contributed by atoms with E-state index in [1.54, 1.807) is 37.5 Å². The van der Waals surface area contributed by atoms with Crippen LogP contribution in [0.1, 0.15) is 10.5 Å². The monoisotopic (exact) mass is 305 g/mol. The minimum Gasteiger partial charge on any atom is -0.397 e. The highest BCUT2D eigenvalue weighted by Crippen LogP contribution is 2.22. The van der Waals surface area contributed by atoms with Gasteiger partial charge in [-0.05, 0) is 40.2 Å². The van der Waals surface area contributed by atoms with Crippen LogP contribution in [0.3, 0.4) is 0 Å². The minimum atomic E-state index is -0.194. The zero-order chi connectivity index (χ0) is 13.1. The summed E-state index contributed by atoms with van der Waals surface area (Å²) in [6.07, 6.45) is 1.59. The van der Waals surface area contributed by atoms with Crippen LogP contribution in [0.4, 0.5) is 11.4 Å². The Bertz CT molecular complexity index is 569. The van der Waals surface area contributed by atoms with Gasteiger partial charge in [0.2, 0.25) is 0 Å². The zero-order valence-corrected chi connectivity index (χ0v) is 11.4. The molecule has 0 fully saturated rings. The molecule has 1 amide bonds. The Labute approximate surface area is 114 Å². The molecular weight excluding hydrogens is 294 g/mol. The van der Waals surface area contributed by atoms with E-state index in [-0.39, 0.29) is 5.91 Å². The van der Waals surface area contributed by atoms with Gasteiger partial charge >= 0.3 is 0 Å². The van der Waals surface area contributed by atoms with E-state index < -0.39 is 0 Å². The van der Waals surface area contributed by atoms with Gasteiger partial charge in [0.15, 0.2) is 0 Å². The molecule has 4 nitrogen and oxygen atoms in total. The average molecular weight is 306 g/mol. The number of carbonyl (C=O) groups is 1. The minimum absolute atomic E-state index is 0.194. The summed E-state index contributed by atoms with van der Waals surface area (Å²) in [5.74, 6) is -0.194. The summed E-state index contributed by atoms with van der Waals surface area (Å²) in [5.41, 5.74) is 7.45. The number of para-hydroxylation sites is 2. The van der Waals surface area contributed by atoms with Crippen molar-refractivity contribution in [1.82, 2.24) is 4.98 Å². The van der Waals surface area contributed by atoms with Crippen LogP contribution in [-0.4, -0.2) is 17.9 Å². The molecule has 0 aliphatic carbocycles. The van der Waals surface area contributed by atoms with Gasteiger partial charge in [-0.15, -0.1) is 0 Å². The molecule has 2 aromatic rings. The molecule has 1 heterocycles. The van der Waals surface area contributed by atoms with E-state index in [1.165, 1.54) is 4.90 Å². The maximum absolute atomic E-state index is 12.2. The van der Waals surface area contributed by atoms with Crippen molar-refractivity contribution < 1.29 is 4.79 Å². The van der Waals surface area contributed by atoms with Crippen molar-refractivity contribution in [2.45, 2.75) is 0 Å². The SMILES string of the molecule is CN(C(=O)c1ccc(Br)cn1)c1ccccc1N. The van der Waals surface area contributed by atoms with Crippen molar-refractivity contribution in [2.75, 3.05) is 17.7 Å². The Kier molecular flexibility index (Phi) is 3.62. The smallest absolute Gasteiger partial charge is 0.276 e. The van der Waals surface area contributed by atoms with E-state index in [1.807, 2.05) is 12.1 Å². The van der Waals surface area contributed by atoms with E-state index in [4.69, 9.17) is 5.73 Å². The summed E-state index contributed by atoms with van der Waals surface area (Å²) in [6.45, 7) is 0. The number of nitrogens with two attached hydrogens (primary N) is 1. The Morgan fingerprint density at radius 3 is 2.61 bits per heavy atom. The molecule has 5 heteroatoms. The first kappa shape index (κ1) is 12.6. The van der Waals surface area contributed by atoms with Gasteiger partial charge in [-0.1, -0.05) is 12.1 Å². The molecule has 0 unspecified atom stereocenters. The van der Waals surface area contributed by atoms with Crippen molar-refractivity contribution >= 4 is 33.2 Å². The molecule has 1 aromatic heterocycles. The number of carbonyl (C=O) groups excluding carboxylic acids is 1. The molecule has 92 valence electrons. The number of anilines is 2. The Balaban J connectivity index is 2.29. The predicted octanol–water partition coefficient (Wildman–Crippen LogP) is 2.70. The lowest BCUT2D eigenvalue weighted by atomic mass is 10.2. The van der Waals surface area contributed by atoms with Crippen molar-refractivity contribution in [1.29, 1.82) is 0 Å². The Morgan fingerprint density at radius 2 is 2.00 bits per heavy atom. The molecule has 18 heavy (non-hydrogen) atoms. The topological polar surface area (TPSA) is 59.2 Å². The molecule has 0 radical (unpaired) electrons. The third-order valence-corrected chi connectivity index (χ3v) is 3.02. The van der Waals surface area contributed by atoms with Crippen LogP contribution >= 0.6 is 15.9 Å². The molecule has 0 saturated carbocycles. The average Bonchev–Trinajstić information content (AvgIpc) is 2.38. The number of hydrogen-bond donors (Lipinski definition) is 1. The molecule has 0 aliphatic rings. The molecule has 0 bridgehead atoms. The molecule has 2 N–H and O–H groups in total. The van der Waals surface area contributed by atoms with Gasteiger partial charge in [-0.25, -0.2) is 4.98 Å². The summed E-state index contributed by atoms with van der Waals surface area (Å²) < 4.78 is 0.834. The summed E-state index contributed by atoms with van der Waals surface area (Å²) in [6, 6.07) is 10.7. The number of amides is 1. The second-order valence-corrected chi connectivity index (χ2v) is 4.70. The molecule has 0 spiro atoms. The predicted molar refractivity (Wildman–Crippen MR) is 75.5 cm³/mol. The Morgan fingerprint density at radius 1 is 1.28 bits per heavy atom. The second kappa shape index (κ2) is 5.18. The van der Waals surface area contributed by atoms with Gasteiger partial charge in [0.1, 0.15) is 5.69 Å². The van der Waals surface area contributed by atoms with E-state index >= 15 is 0 Å². The lowest BCUT2D eigenvalue weighted by Gasteiger charge is -2.18. The summed E-state index contributed by atoms with van der Waals surface area (Å²) in [4.78, 5) is 17.8. The fourth-order valence-electron chi connectivity index (χ4n) is 1.58. The van der Waals surface area contributed by atoms with Crippen LogP contribution in [0.25, 0.3) is 0 Å². The van der Waals surface area contributed by atoms with Gasteiger partial charge in [0.05, 0.1) is 11.4 Å². The Hall–Kier alpha value is -1.88. The summed E-state index contributed by atoms with van der Waals surface area (Å²) >= 11 is 3.28. The fraction of sp³-hybridized carbons (Fsp3) is 0.0769. The number of halogens is 1. The van der Waals surface area contributed by atoms with Crippen LogP contribution in [0.2, 0.25) is 0 Å². The lowest BCUT2D eigenvalue weighted by Crippen LogP contribution is -2.27. The van der Waals surface area contributed by atoms with Crippen LogP contribution in [0, 0.1) is 0 Å². The molecule has 0 atom stereocenters. The lowest BCUT2D eigenvalue weighted by molar-refractivity contribution is 0.0988. The van der Waals surface area contributed by atoms with Crippen LogP contribution < -0.4 is 10.6 Å². The number of aromatic nitrogens is 1. The van der Waals surface area contributed by atoms with E-state index in [2.05, 4.69) is 20.9 Å². The van der Waals surface area contributed by atoms with E-state index in [0.717, 1.165) is 4.47 Å². The number of nitrogens with zero attached hydrogens (tertiary/aromatic N) is 2. The summed E-state index contributed by atoms with van der Waals surface area (Å²) in [7, 11) is 1.68. The van der Waals surface area contributed by atoms with Gasteiger partial charge < -0.3 is 10.6 Å². The highest BCUT2D eigenvalue weighted by molar-refractivity contribution is 9.10. The first-order valence-electron chi connectivity index (χ1n) is 5.33. The van der Waals surface area contributed by atoms with Crippen LogP contribution in [0.5, 0.6) is 0 Å². The van der Waals surface area contributed by atoms with Crippen molar-refractivity contribution in [3.63, 3.8) is 0 Å². The standard InChI is InChI=1S/C13H12BrN3O/c1-17(12-5-3-2-4-10(12)15)13(18)11-7-6-9(14)8-16-11/h2-8H,15H2,1H3. The van der Waals surface area contributed by atoms with Gasteiger partial charge in [-0.2, -0.15) is 0 Å². The summed E-state index contributed by atoms with van der Waals surface area (Å²) in [5, 5.41) is 0. The van der Waals surface area contributed by atoms with Crippen LogP contribution in [-0.2, 0) is 0 Å². The normalized spacial score (nSPS) is 10.1. The number of nitrogen functional groups attached to an aromatic ring is 1. The maximum atomic E-state index is 12.2.